The summed E-state index contributed by atoms with van der Waals surface area (Å²) in [5.41, 5.74) is 6.08. The second kappa shape index (κ2) is 6.92. The minimum Gasteiger partial charge on any atom is -0.396 e. The number of hydrogen-bond donors (Lipinski definition) is 2. The Bertz CT molecular complexity index is 864. The normalized spacial score (nSPS) is 11.5. The number of nitrogens with two attached hydrogens (primary N) is 1. The summed E-state index contributed by atoms with van der Waals surface area (Å²) in [6.07, 6.45) is 0. The van der Waals surface area contributed by atoms with E-state index in [4.69, 9.17) is 28.9 Å². The third-order valence-electron chi connectivity index (χ3n) is 3.02. The summed E-state index contributed by atoms with van der Waals surface area (Å²) in [6, 6.07) is 6.86. The van der Waals surface area contributed by atoms with Gasteiger partial charge in [0.2, 0.25) is 9.84 Å². The summed E-state index contributed by atoms with van der Waals surface area (Å²) in [5, 5.41) is 2.79. The molecule has 2 aromatic carbocycles. The maximum atomic E-state index is 12.5. The second-order valence-electron chi connectivity index (χ2n) is 4.64. The molecule has 10 heteroatoms. The molecule has 0 heterocycles. The number of hydrogen-bond acceptors (Lipinski definition) is 4. The lowest BCUT2D eigenvalue weighted by molar-refractivity contribution is 0.102. The van der Waals surface area contributed by atoms with Crippen LogP contribution in [-0.4, -0.2) is 20.1 Å². The topological polar surface area (TPSA) is 89.3 Å². The van der Waals surface area contributed by atoms with E-state index in [1.165, 1.54) is 12.1 Å². The van der Waals surface area contributed by atoms with Gasteiger partial charge >= 0.3 is 5.76 Å². The van der Waals surface area contributed by atoms with Gasteiger partial charge in [-0.05, 0) is 36.4 Å². The number of carbonyl (C=O) groups is 1. The Balaban J connectivity index is 2.22. The SMILES string of the molecule is Nc1c(Cl)cc(NC(=O)c2ccc(S(=O)(=O)C(F)F)cc2)cc1Cl. The molecule has 1 amide bonds. The predicted octanol–water partition coefficient (Wildman–Crippen LogP) is 3.82. The monoisotopic (exact) mass is 394 g/mol. The number of rotatable bonds is 4. The van der Waals surface area contributed by atoms with Crippen molar-refractivity contribution < 1.29 is 22.0 Å². The first-order valence-corrected chi connectivity index (χ1v) is 8.61. The number of anilines is 2. The Kier molecular flexibility index (Phi) is 5.32. The summed E-state index contributed by atoms with van der Waals surface area (Å²) < 4.78 is 47.5. The fourth-order valence-corrected chi connectivity index (χ4v) is 2.97. The van der Waals surface area contributed by atoms with Crippen molar-refractivity contribution in [1.82, 2.24) is 0 Å². The Morgan fingerprint density at radius 3 is 2.04 bits per heavy atom. The fraction of sp³-hybridized carbons (Fsp3) is 0.0714. The van der Waals surface area contributed by atoms with Crippen LogP contribution < -0.4 is 11.1 Å². The van der Waals surface area contributed by atoms with Gasteiger partial charge in [-0.2, -0.15) is 8.78 Å². The van der Waals surface area contributed by atoms with Crippen molar-refractivity contribution in [2.75, 3.05) is 11.1 Å². The maximum absolute atomic E-state index is 12.5. The zero-order chi connectivity index (χ0) is 18.1. The number of amides is 1. The van der Waals surface area contributed by atoms with Crippen LogP contribution in [0, 0.1) is 0 Å². The van der Waals surface area contributed by atoms with Crippen molar-refractivity contribution >= 4 is 50.3 Å². The van der Waals surface area contributed by atoms with E-state index in [0.29, 0.717) is 0 Å². The minimum absolute atomic E-state index is 0.0623. The van der Waals surface area contributed by atoms with Crippen LogP contribution in [0.15, 0.2) is 41.3 Å². The van der Waals surface area contributed by atoms with Crippen LogP contribution in [-0.2, 0) is 9.84 Å². The molecule has 0 aliphatic rings. The average molecular weight is 395 g/mol. The first-order chi connectivity index (χ1) is 11.1. The smallest absolute Gasteiger partial charge is 0.341 e. The zero-order valence-corrected chi connectivity index (χ0v) is 14.1. The molecule has 0 aromatic heterocycles. The molecule has 0 fully saturated rings. The summed E-state index contributed by atoms with van der Waals surface area (Å²) in [5.74, 6) is -4.14. The van der Waals surface area contributed by atoms with E-state index in [1.807, 2.05) is 0 Å². The van der Waals surface area contributed by atoms with Crippen molar-refractivity contribution in [2.45, 2.75) is 10.7 Å². The molecule has 2 aromatic rings. The van der Waals surface area contributed by atoms with Crippen LogP contribution in [0.1, 0.15) is 10.4 Å². The molecule has 3 N–H and O–H groups in total. The molecule has 0 unspecified atom stereocenters. The van der Waals surface area contributed by atoms with E-state index in [-0.39, 0.29) is 27.0 Å². The van der Waals surface area contributed by atoms with Gasteiger partial charge < -0.3 is 11.1 Å². The molecule has 128 valence electrons. The second-order valence-corrected chi connectivity index (χ2v) is 7.37. The number of benzene rings is 2. The lowest BCUT2D eigenvalue weighted by atomic mass is 10.2. The van der Waals surface area contributed by atoms with E-state index >= 15 is 0 Å². The molecule has 5 nitrogen and oxygen atoms in total. The fourth-order valence-electron chi connectivity index (χ4n) is 1.76. The van der Waals surface area contributed by atoms with Gasteiger partial charge in [-0.15, -0.1) is 0 Å². The van der Waals surface area contributed by atoms with Crippen LogP contribution in [0.2, 0.25) is 10.0 Å². The van der Waals surface area contributed by atoms with E-state index in [0.717, 1.165) is 24.3 Å². The third-order valence-corrected chi connectivity index (χ3v) is 5.04. The first kappa shape index (κ1) is 18.4. The molecule has 0 spiro atoms. The van der Waals surface area contributed by atoms with E-state index in [1.54, 1.807) is 0 Å². The standard InChI is InChI=1S/C14H10Cl2F2N2O3S/c15-10-5-8(6-11(16)12(10)19)20-13(21)7-1-3-9(4-2-7)24(22,23)14(17)18/h1-6,14H,19H2,(H,20,21). The van der Waals surface area contributed by atoms with Crippen LogP contribution in [0.5, 0.6) is 0 Å². The Morgan fingerprint density at radius 2 is 1.58 bits per heavy atom. The van der Waals surface area contributed by atoms with Gasteiger partial charge in [0, 0.05) is 11.3 Å². The lowest BCUT2D eigenvalue weighted by Crippen LogP contribution is -2.14. The van der Waals surface area contributed by atoms with Crippen LogP contribution >= 0.6 is 23.2 Å². The van der Waals surface area contributed by atoms with Crippen molar-refractivity contribution in [1.29, 1.82) is 0 Å². The van der Waals surface area contributed by atoms with E-state index in [9.17, 15) is 22.0 Å². The van der Waals surface area contributed by atoms with Gasteiger partial charge in [0.1, 0.15) is 0 Å². The highest BCUT2D eigenvalue weighted by Gasteiger charge is 2.26. The van der Waals surface area contributed by atoms with Crippen LogP contribution in [0.4, 0.5) is 20.2 Å². The number of nitrogens with one attached hydrogen (secondary N) is 1. The average Bonchev–Trinajstić information content (AvgIpc) is 2.52. The van der Waals surface area contributed by atoms with Crippen LogP contribution in [0.3, 0.4) is 0 Å². The maximum Gasteiger partial charge on any atom is 0.341 e. The summed E-state index contributed by atoms with van der Waals surface area (Å²) in [4.78, 5) is 11.5. The quantitative estimate of drug-likeness (QED) is 0.771. The molecule has 0 bridgehead atoms. The van der Waals surface area contributed by atoms with Gasteiger partial charge in [0.05, 0.1) is 20.6 Å². The lowest BCUT2D eigenvalue weighted by Gasteiger charge is -2.09. The molecule has 24 heavy (non-hydrogen) atoms. The highest BCUT2D eigenvalue weighted by atomic mass is 35.5. The summed E-state index contributed by atoms with van der Waals surface area (Å²) in [6.45, 7) is 0. The van der Waals surface area contributed by atoms with Gasteiger partial charge in [-0.25, -0.2) is 8.42 Å². The molecule has 0 aliphatic carbocycles. The van der Waals surface area contributed by atoms with Gasteiger partial charge in [0.25, 0.3) is 5.91 Å². The van der Waals surface area contributed by atoms with Crippen molar-refractivity contribution in [3.63, 3.8) is 0 Å². The van der Waals surface area contributed by atoms with Gasteiger partial charge in [-0.3, -0.25) is 4.79 Å². The summed E-state index contributed by atoms with van der Waals surface area (Å²) >= 11 is 11.7. The predicted molar refractivity (Wildman–Crippen MR) is 88.5 cm³/mol. The minimum atomic E-state index is -4.71. The largest absolute Gasteiger partial charge is 0.396 e. The van der Waals surface area contributed by atoms with E-state index < -0.39 is 26.4 Å². The number of alkyl halides is 2. The molecule has 0 aliphatic heterocycles. The number of halogens is 4. The van der Waals surface area contributed by atoms with Gasteiger partial charge in [-0.1, -0.05) is 23.2 Å². The Morgan fingerprint density at radius 1 is 1.08 bits per heavy atom. The van der Waals surface area contributed by atoms with Crippen molar-refractivity contribution in [3.05, 3.63) is 52.0 Å². The van der Waals surface area contributed by atoms with Crippen molar-refractivity contribution in [3.8, 4) is 0 Å². The molecular weight excluding hydrogens is 385 g/mol. The van der Waals surface area contributed by atoms with Crippen molar-refractivity contribution in [2.24, 2.45) is 0 Å². The molecule has 0 radical (unpaired) electrons. The molecule has 2 rings (SSSR count). The molecule has 0 atom stereocenters. The first-order valence-electron chi connectivity index (χ1n) is 6.31. The van der Waals surface area contributed by atoms with E-state index in [2.05, 4.69) is 5.32 Å². The van der Waals surface area contributed by atoms with Crippen LogP contribution in [0.25, 0.3) is 0 Å². The number of nitrogen functional groups attached to an aromatic ring is 1. The highest BCUT2D eigenvalue weighted by molar-refractivity contribution is 7.91. The molecule has 0 saturated carbocycles. The number of sulfone groups is 1. The molecular formula is C14H10Cl2F2N2O3S. The van der Waals surface area contributed by atoms with Gasteiger partial charge in [0.15, 0.2) is 0 Å². The third kappa shape index (κ3) is 3.77. The number of carbonyl (C=O) groups excluding carboxylic acids is 1. The zero-order valence-electron chi connectivity index (χ0n) is 11.8. The highest BCUT2D eigenvalue weighted by Crippen LogP contribution is 2.31. The molecule has 0 saturated heterocycles. The Labute approximate surface area is 146 Å². The Hall–Kier alpha value is -1.90. The summed E-state index contributed by atoms with van der Waals surface area (Å²) in [7, 11) is -4.71.